The largest absolute Gasteiger partial charge is 0.368 e. The molecule has 184 valence electrons. The third-order valence-electron chi connectivity index (χ3n) is 5.09. The lowest BCUT2D eigenvalue weighted by atomic mass is 9.98. The van der Waals surface area contributed by atoms with E-state index < -0.39 is 26.9 Å². The highest BCUT2D eigenvalue weighted by Crippen LogP contribution is 2.44. The van der Waals surface area contributed by atoms with Gasteiger partial charge in [0.1, 0.15) is 16.9 Å². The number of hydrogen-bond donors (Lipinski definition) is 2. The number of thiazole rings is 1. The summed E-state index contributed by atoms with van der Waals surface area (Å²) in [5.74, 6) is -0.723. The SMILES string of the molecule is CC(C)(C)c1nc(-c2cccc(NS(=O)(=O)C3=CC(F)=CCC3F)c2Cl)c(-c2ccnc(N)n2)s1. The zero-order valence-electron chi connectivity index (χ0n) is 19.0. The van der Waals surface area contributed by atoms with Crippen molar-refractivity contribution in [3.05, 3.63) is 63.4 Å². The van der Waals surface area contributed by atoms with Crippen LogP contribution in [0.3, 0.4) is 0 Å². The molecule has 0 saturated heterocycles. The van der Waals surface area contributed by atoms with Gasteiger partial charge in [-0.15, -0.1) is 11.3 Å². The molecule has 3 aromatic rings. The lowest BCUT2D eigenvalue weighted by molar-refractivity contribution is 0.387. The first-order valence-corrected chi connectivity index (χ1v) is 13.2. The molecule has 1 unspecified atom stereocenters. The van der Waals surface area contributed by atoms with Gasteiger partial charge in [-0.1, -0.05) is 44.5 Å². The van der Waals surface area contributed by atoms with Gasteiger partial charge in [0.2, 0.25) is 5.95 Å². The molecule has 0 radical (unpaired) electrons. The Morgan fingerprint density at radius 1 is 1.23 bits per heavy atom. The Kier molecular flexibility index (Phi) is 6.69. The Bertz CT molecular complexity index is 1460. The second-order valence-electron chi connectivity index (χ2n) is 8.86. The molecule has 3 N–H and O–H groups in total. The van der Waals surface area contributed by atoms with E-state index in [9.17, 15) is 17.2 Å². The van der Waals surface area contributed by atoms with Gasteiger partial charge in [-0.2, -0.15) is 0 Å². The number of sulfonamides is 1. The van der Waals surface area contributed by atoms with Crippen molar-refractivity contribution in [2.75, 3.05) is 10.5 Å². The van der Waals surface area contributed by atoms with Crippen molar-refractivity contribution in [2.45, 2.75) is 38.8 Å². The lowest BCUT2D eigenvalue weighted by Gasteiger charge is -2.18. The van der Waals surface area contributed by atoms with Crippen LogP contribution in [0.25, 0.3) is 21.8 Å². The molecular weight excluding hydrogens is 516 g/mol. The van der Waals surface area contributed by atoms with E-state index in [2.05, 4.69) is 14.7 Å². The van der Waals surface area contributed by atoms with E-state index in [0.29, 0.717) is 27.9 Å². The summed E-state index contributed by atoms with van der Waals surface area (Å²) < 4.78 is 55.9. The quantitative estimate of drug-likeness (QED) is 0.411. The third-order valence-corrected chi connectivity index (χ3v) is 8.49. The van der Waals surface area contributed by atoms with Crippen molar-refractivity contribution in [3.63, 3.8) is 0 Å². The number of rotatable bonds is 5. The van der Waals surface area contributed by atoms with Gasteiger partial charge in [-0.05, 0) is 24.3 Å². The maximum atomic E-state index is 14.3. The lowest BCUT2D eigenvalue weighted by Crippen LogP contribution is -2.23. The number of aromatic nitrogens is 3. The van der Waals surface area contributed by atoms with E-state index in [0.717, 1.165) is 11.1 Å². The van der Waals surface area contributed by atoms with Crippen molar-refractivity contribution in [2.24, 2.45) is 0 Å². The first kappa shape index (κ1) is 25.2. The molecule has 1 aromatic carbocycles. The molecule has 2 aromatic heterocycles. The van der Waals surface area contributed by atoms with Crippen LogP contribution in [-0.2, 0) is 15.4 Å². The van der Waals surface area contributed by atoms with E-state index in [1.165, 1.54) is 23.6 Å². The highest BCUT2D eigenvalue weighted by atomic mass is 35.5. The summed E-state index contributed by atoms with van der Waals surface area (Å²) in [5.41, 5.74) is 6.96. The minimum Gasteiger partial charge on any atom is -0.368 e. The number of nitrogens with zero attached hydrogens (tertiary/aromatic N) is 3. The molecule has 7 nitrogen and oxygen atoms in total. The fourth-order valence-electron chi connectivity index (χ4n) is 3.36. The molecule has 1 aliphatic carbocycles. The number of nitrogen functional groups attached to an aromatic ring is 1. The number of benzene rings is 1. The molecule has 1 aliphatic rings. The highest BCUT2D eigenvalue weighted by Gasteiger charge is 2.30. The number of alkyl halides is 1. The normalized spacial score (nSPS) is 16.6. The molecule has 0 spiro atoms. The summed E-state index contributed by atoms with van der Waals surface area (Å²) >= 11 is 8.06. The van der Waals surface area contributed by atoms with Crippen LogP contribution in [-0.4, -0.2) is 29.5 Å². The van der Waals surface area contributed by atoms with Gasteiger partial charge in [0, 0.05) is 23.6 Å². The number of nitrogens with two attached hydrogens (primary N) is 1. The van der Waals surface area contributed by atoms with Crippen molar-refractivity contribution in [1.82, 2.24) is 15.0 Å². The molecule has 2 heterocycles. The second kappa shape index (κ2) is 9.29. The fourth-order valence-corrected chi connectivity index (χ4v) is 6.06. The molecule has 0 bridgehead atoms. The molecule has 35 heavy (non-hydrogen) atoms. The van der Waals surface area contributed by atoms with Crippen LogP contribution in [0, 0.1) is 0 Å². The molecule has 0 amide bonds. The van der Waals surface area contributed by atoms with E-state index in [4.69, 9.17) is 22.3 Å². The van der Waals surface area contributed by atoms with E-state index in [1.807, 2.05) is 20.8 Å². The van der Waals surface area contributed by atoms with Gasteiger partial charge >= 0.3 is 0 Å². The van der Waals surface area contributed by atoms with Crippen molar-refractivity contribution < 1.29 is 17.2 Å². The van der Waals surface area contributed by atoms with Crippen LogP contribution < -0.4 is 10.5 Å². The molecule has 12 heteroatoms. The molecule has 0 fully saturated rings. The Hall–Kier alpha value is -2.89. The van der Waals surface area contributed by atoms with Crippen LogP contribution >= 0.6 is 22.9 Å². The topological polar surface area (TPSA) is 111 Å². The molecule has 0 aliphatic heterocycles. The Labute approximate surface area is 210 Å². The summed E-state index contributed by atoms with van der Waals surface area (Å²) in [6, 6.07) is 6.41. The van der Waals surface area contributed by atoms with Crippen molar-refractivity contribution in [3.8, 4) is 21.8 Å². The van der Waals surface area contributed by atoms with Gasteiger partial charge in [0.25, 0.3) is 10.0 Å². The number of allylic oxidation sites excluding steroid dienone is 4. The van der Waals surface area contributed by atoms with Crippen LogP contribution in [0.1, 0.15) is 32.2 Å². The predicted octanol–water partition coefficient (Wildman–Crippen LogP) is 6.02. The zero-order chi connectivity index (χ0) is 25.5. The molecule has 4 rings (SSSR count). The smallest absolute Gasteiger partial charge is 0.261 e. The standard InChI is InChI=1S/C23H22ClF2N5O2S2/c1-23(2,3)21-30-19(20(34-21)16-9-10-28-22(27)29-16)13-5-4-6-15(18(13)24)31-35(32,33)17-11-12(25)7-8-14(17)26/h4-7,9-11,14,31H,8H2,1-3H3,(H2,27,28,29). The minimum atomic E-state index is -4.41. The third kappa shape index (κ3) is 5.21. The first-order chi connectivity index (χ1) is 16.4. The first-order valence-electron chi connectivity index (χ1n) is 10.5. The molecule has 1 atom stereocenters. The van der Waals surface area contributed by atoms with Gasteiger partial charge in [-0.3, -0.25) is 4.72 Å². The van der Waals surface area contributed by atoms with Gasteiger partial charge in [0.05, 0.1) is 32.0 Å². The summed E-state index contributed by atoms with van der Waals surface area (Å²) in [6.07, 6.45) is 0.960. The van der Waals surface area contributed by atoms with E-state index >= 15 is 0 Å². The maximum absolute atomic E-state index is 14.3. The predicted molar refractivity (Wildman–Crippen MR) is 136 cm³/mol. The summed E-state index contributed by atoms with van der Waals surface area (Å²) in [7, 11) is -4.41. The van der Waals surface area contributed by atoms with E-state index in [1.54, 1.807) is 18.2 Å². The van der Waals surface area contributed by atoms with Gasteiger partial charge in [0.15, 0.2) is 0 Å². The maximum Gasteiger partial charge on any atom is 0.261 e. The average molecular weight is 538 g/mol. The van der Waals surface area contributed by atoms with Crippen molar-refractivity contribution in [1.29, 1.82) is 0 Å². The number of nitrogens with one attached hydrogen (secondary N) is 1. The monoisotopic (exact) mass is 537 g/mol. The molecule has 0 saturated carbocycles. The Balaban J connectivity index is 1.82. The van der Waals surface area contributed by atoms with Crippen LogP contribution in [0.2, 0.25) is 5.02 Å². The fraction of sp³-hybridized carbons (Fsp3) is 0.261. The minimum absolute atomic E-state index is 0.00527. The number of anilines is 2. The Morgan fingerprint density at radius 3 is 2.66 bits per heavy atom. The average Bonchev–Trinajstić information content (AvgIpc) is 3.22. The van der Waals surface area contributed by atoms with E-state index in [-0.39, 0.29) is 28.5 Å². The summed E-state index contributed by atoms with van der Waals surface area (Å²) in [6.45, 7) is 6.04. The number of halogens is 3. The van der Waals surface area contributed by atoms with Crippen LogP contribution in [0.4, 0.5) is 20.4 Å². The highest BCUT2D eigenvalue weighted by molar-refractivity contribution is 7.96. The Morgan fingerprint density at radius 2 is 1.97 bits per heavy atom. The van der Waals surface area contributed by atoms with Gasteiger partial charge in [-0.25, -0.2) is 32.2 Å². The second-order valence-corrected chi connectivity index (χ2v) is 11.9. The van der Waals surface area contributed by atoms with Gasteiger partial charge < -0.3 is 5.73 Å². The van der Waals surface area contributed by atoms with Crippen LogP contribution in [0.5, 0.6) is 0 Å². The van der Waals surface area contributed by atoms with Crippen molar-refractivity contribution >= 4 is 44.6 Å². The number of hydrogen-bond acceptors (Lipinski definition) is 7. The summed E-state index contributed by atoms with van der Waals surface area (Å²) in [5, 5.41) is 0.851. The zero-order valence-corrected chi connectivity index (χ0v) is 21.4. The molecular formula is C23H22ClF2N5O2S2. The van der Waals surface area contributed by atoms with Crippen LogP contribution in [0.15, 0.2) is 53.3 Å². The summed E-state index contributed by atoms with van der Waals surface area (Å²) in [4.78, 5) is 13.0.